The van der Waals surface area contributed by atoms with Crippen molar-refractivity contribution < 1.29 is 0 Å². The molecule has 4 nitrogen and oxygen atoms in total. The molecule has 0 fully saturated rings. The SMILES string of the molecule is Cc1c(Cl)ncnc1-c1cncc(C#N)c1. The molecule has 0 unspecified atom stereocenters. The number of nitrogens with zero attached hydrogens (tertiary/aromatic N) is 4. The van der Waals surface area contributed by atoms with Crippen LogP contribution in [0.5, 0.6) is 0 Å². The van der Waals surface area contributed by atoms with E-state index in [9.17, 15) is 0 Å². The molecular weight excluding hydrogens is 224 g/mol. The van der Waals surface area contributed by atoms with E-state index in [1.807, 2.05) is 13.0 Å². The molecule has 2 aromatic heterocycles. The molecule has 78 valence electrons. The number of pyridine rings is 1. The maximum Gasteiger partial charge on any atom is 0.135 e. The van der Waals surface area contributed by atoms with E-state index in [1.54, 1.807) is 12.3 Å². The molecule has 16 heavy (non-hydrogen) atoms. The van der Waals surface area contributed by atoms with Crippen molar-refractivity contribution in [2.45, 2.75) is 6.92 Å². The summed E-state index contributed by atoms with van der Waals surface area (Å²) in [5, 5.41) is 9.19. The van der Waals surface area contributed by atoms with Crippen molar-refractivity contribution in [1.29, 1.82) is 5.26 Å². The number of hydrogen-bond acceptors (Lipinski definition) is 4. The van der Waals surface area contributed by atoms with E-state index in [-0.39, 0.29) is 0 Å². The Labute approximate surface area is 97.6 Å². The average molecular weight is 231 g/mol. The van der Waals surface area contributed by atoms with Gasteiger partial charge in [0.05, 0.1) is 11.3 Å². The van der Waals surface area contributed by atoms with Gasteiger partial charge in [0.15, 0.2) is 0 Å². The molecule has 0 amide bonds. The molecule has 0 radical (unpaired) electrons. The maximum atomic E-state index is 8.78. The van der Waals surface area contributed by atoms with Gasteiger partial charge in [-0.15, -0.1) is 0 Å². The molecule has 0 spiro atoms. The summed E-state index contributed by atoms with van der Waals surface area (Å²) in [5.74, 6) is 0. The Bertz CT molecular complexity index is 574. The summed E-state index contributed by atoms with van der Waals surface area (Å²) in [4.78, 5) is 12.0. The van der Waals surface area contributed by atoms with E-state index in [2.05, 4.69) is 15.0 Å². The summed E-state index contributed by atoms with van der Waals surface area (Å²) >= 11 is 5.90. The lowest BCUT2D eigenvalue weighted by Crippen LogP contribution is -1.93. The summed E-state index contributed by atoms with van der Waals surface area (Å²) in [5.41, 5.74) is 2.73. The van der Waals surface area contributed by atoms with Crippen LogP contribution in [0.15, 0.2) is 24.8 Å². The van der Waals surface area contributed by atoms with Gasteiger partial charge in [-0.1, -0.05) is 11.6 Å². The number of halogens is 1. The van der Waals surface area contributed by atoms with Gasteiger partial charge in [0.1, 0.15) is 17.5 Å². The van der Waals surface area contributed by atoms with Crippen LogP contribution in [0, 0.1) is 18.3 Å². The normalized spacial score (nSPS) is 9.81. The number of nitriles is 1. The van der Waals surface area contributed by atoms with Crippen LogP contribution in [-0.2, 0) is 0 Å². The topological polar surface area (TPSA) is 62.5 Å². The highest BCUT2D eigenvalue weighted by molar-refractivity contribution is 6.30. The Morgan fingerprint density at radius 2 is 2.12 bits per heavy atom. The lowest BCUT2D eigenvalue weighted by molar-refractivity contribution is 1.13. The fourth-order valence-electron chi connectivity index (χ4n) is 1.35. The highest BCUT2D eigenvalue weighted by Gasteiger charge is 2.08. The first-order chi connectivity index (χ1) is 7.72. The van der Waals surface area contributed by atoms with Gasteiger partial charge in [0.25, 0.3) is 0 Å². The summed E-state index contributed by atoms with van der Waals surface area (Å²) in [6, 6.07) is 3.75. The van der Waals surface area contributed by atoms with Crippen molar-refractivity contribution in [3.05, 3.63) is 41.1 Å². The van der Waals surface area contributed by atoms with Crippen molar-refractivity contribution in [2.24, 2.45) is 0 Å². The minimum atomic E-state index is 0.410. The van der Waals surface area contributed by atoms with E-state index < -0.39 is 0 Å². The van der Waals surface area contributed by atoms with E-state index in [4.69, 9.17) is 16.9 Å². The zero-order valence-electron chi connectivity index (χ0n) is 8.48. The third kappa shape index (κ3) is 1.86. The molecule has 0 aliphatic carbocycles. The van der Waals surface area contributed by atoms with Crippen molar-refractivity contribution in [3.63, 3.8) is 0 Å². The predicted molar refractivity (Wildman–Crippen MR) is 59.7 cm³/mol. The van der Waals surface area contributed by atoms with Crippen LogP contribution in [0.3, 0.4) is 0 Å². The quantitative estimate of drug-likeness (QED) is 0.706. The van der Waals surface area contributed by atoms with Gasteiger partial charge < -0.3 is 0 Å². The minimum absolute atomic E-state index is 0.410. The lowest BCUT2D eigenvalue weighted by Gasteiger charge is -2.04. The molecule has 2 heterocycles. The molecule has 2 aromatic rings. The zero-order valence-corrected chi connectivity index (χ0v) is 9.23. The average Bonchev–Trinajstić information content (AvgIpc) is 2.33. The second-order valence-electron chi connectivity index (χ2n) is 3.21. The molecule has 0 bridgehead atoms. The second kappa shape index (κ2) is 4.25. The Morgan fingerprint density at radius 1 is 1.31 bits per heavy atom. The molecule has 5 heteroatoms. The first-order valence-electron chi connectivity index (χ1n) is 4.55. The molecule has 2 rings (SSSR count). The van der Waals surface area contributed by atoms with E-state index >= 15 is 0 Å². The van der Waals surface area contributed by atoms with Crippen LogP contribution in [0.2, 0.25) is 5.15 Å². The van der Waals surface area contributed by atoms with Gasteiger partial charge in [-0.25, -0.2) is 9.97 Å². The third-order valence-corrected chi connectivity index (χ3v) is 2.54. The van der Waals surface area contributed by atoms with Gasteiger partial charge >= 0.3 is 0 Å². The van der Waals surface area contributed by atoms with Gasteiger partial charge in [-0.2, -0.15) is 5.26 Å². The largest absolute Gasteiger partial charge is 0.263 e. The van der Waals surface area contributed by atoms with E-state index in [0.717, 1.165) is 11.1 Å². The Morgan fingerprint density at radius 3 is 2.88 bits per heavy atom. The summed E-state index contributed by atoms with van der Waals surface area (Å²) in [6.07, 6.45) is 4.54. The molecule has 0 atom stereocenters. The highest BCUT2D eigenvalue weighted by Crippen LogP contribution is 2.24. The van der Waals surface area contributed by atoms with E-state index in [1.165, 1.54) is 12.5 Å². The van der Waals surface area contributed by atoms with Gasteiger partial charge in [0.2, 0.25) is 0 Å². The zero-order chi connectivity index (χ0) is 11.5. The summed E-state index contributed by atoms with van der Waals surface area (Å²) in [7, 11) is 0. The predicted octanol–water partition coefficient (Wildman–Crippen LogP) is 2.37. The van der Waals surface area contributed by atoms with Crippen LogP contribution >= 0.6 is 11.6 Å². The number of aromatic nitrogens is 3. The van der Waals surface area contributed by atoms with E-state index in [0.29, 0.717) is 16.4 Å². The fraction of sp³-hybridized carbons (Fsp3) is 0.0909. The van der Waals surface area contributed by atoms with Crippen LogP contribution in [0.25, 0.3) is 11.3 Å². The smallest absolute Gasteiger partial charge is 0.135 e. The first-order valence-corrected chi connectivity index (χ1v) is 4.93. The maximum absolute atomic E-state index is 8.78. The first kappa shape index (κ1) is 10.5. The number of rotatable bonds is 1. The third-order valence-electron chi connectivity index (χ3n) is 2.16. The summed E-state index contributed by atoms with van der Waals surface area (Å²) < 4.78 is 0. The van der Waals surface area contributed by atoms with Crippen LogP contribution in [-0.4, -0.2) is 15.0 Å². The van der Waals surface area contributed by atoms with Crippen LogP contribution in [0.1, 0.15) is 11.1 Å². The van der Waals surface area contributed by atoms with Gasteiger partial charge in [0, 0.05) is 23.5 Å². The molecule has 0 saturated heterocycles. The van der Waals surface area contributed by atoms with Crippen molar-refractivity contribution in [1.82, 2.24) is 15.0 Å². The molecular formula is C11H7ClN4. The molecule has 0 aliphatic heterocycles. The van der Waals surface area contributed by atoms with Gasteiger partial charge in [-0.05, 0) is 13.0 Å². The number of hydrogen-bond donors (Lipinski definition) is 0. The van der Waals surface area contributed by atoms with Crippen molar-refractivity contribution >= 4 is 11.6 Å². The molecule has 0 N–H and O–H groups in total. The second-order valence-corrected chi connectivity index (χ2v) is 3.57. The molecule has 0 aromatic carbocycles. The Kier molecular flexibility index (Phi) is 2.80. The minimum Gasteiger partial charge on any atom is -0.263 e. The monoisotopic (exact) mass is 230 g/mol. The van der Waals surface area contributed by atoms with Crippen molar-refractivity contribution in [2.75, 3.05) is 0 Å². The Hall–Kier alpha value is -1.99. The molecule has 0 saturated carbocycles. The summed E-state index contributed by atoms with van der Waals surface area (Å²) in [6.45, 7) is 1.83. The standard InChI is InChI=1S/C11H7ClN4/c1-7-10(15-6-16-11(7)12)9-2-8(3-13)4-14-5-9/h2,4-6H,1H3. The lowest BCUT2D eigenvalue weighted by atomic mass is 10.1. The van der Waals surface area contributed by atoms with Crippen molar-refractivity contribution in [3.8, 4) is 17.3 Å². The fourth-order valence-corrected chi connectivity index (χ4v) is 1.48. The molecule has 0 aliphatic rings. The highest BCUT2D eigenvalue weighted by atomic mass is 35.5. The van der Waals surface area contributed by atoms with Gasteiger partial charge in [-0.3, -0.25) is 4.98 Å². The van der Waals surface area contributed by atoms with Crippen LogP contribution in [0.4, 0.5) is 0 Å². The Balaban J connectivity index is 2.59. The van der Waals surface area contributed by atoms with Crippen LogP contribution < -0.4 is 0 Å².